The maximum absolute atomic E-state index is 11.2. The fraction of sp³-hybridized carbons (Fsp3) is 0.333. The van der Waals surface area contributed by atoms with Gasteiger partial charge in [0.2, 0.25) is 0 Å². The largest absolute Gasteiger partial charge is 0.380 e. The van der Waals surface area contributed by atoms with Gasteiger partial charge in [0.05, 0.1) is 0 Å². The lowest BCUT2D eigenvalue weighted by atomic mass is 9.80. The van der Waals surface area contributed by atoms with Crippen LogP contribution in [0.3, 0.4) is 0 Å². The molecule has 2 aromatic rings. The fourth-order valence-electron chi connectivity index (χ4n) is 2.54. The van der Waals surface area contributed by atoms with Crippen molar-refractivity contribution in [2.24, 2.45) is 5.92 Å². The number of aliphatic hydroxyl groups is 1. The summed E-state index contributed by atoms with van der Waals surface area (Å²) in [5.74, 6) is 0.423. The molecule has 0 amide bonds. The van der Waals surface area contributed by atoms with Gasteiger partial charge >= 0.3 is 0 Å². The molecule has 1 nitrogen and oxygen atoms in total. The Morgan fingerprint density at radius 3 is 1.95 bits per heavy atom. The van der Waals surface area contributed by atoms with E-state index in [-0.39, 0.29) is 0 Å². The highest BCUT2D eigenvalue weighted by atomic mass is 16.3. The molecule has 19 heavy (non-hydrogen) atoms. The van der Waals surface area contributed by atoms with Crippen LogP contribution < -0.4 is 0 Å². The second-order valence-electron chi connectivity index (χ2n) is 5.69. The summed E-state index contributed by atoms with van der Waals surface area (Å²) in [4.78, 5) is 0. The molecule has 0 aliphatic heterocycles. The van der Waals surface area contributed by atoms with E-state index in [9.17, 15) is 5.11 Å². The van der Waals surface area contributed by atoms with Crippen molar-refractivity contribution in [1.29, 1.82) is 0 Å². The molecule has 1 heteroatoms. The summed E-state index contributed by atoms with van der Waals surface area (Å²) in [5, 5.41) is 11.2. The summed E-state index contributed by atoms with van der Waals surface area (Å²) in [6, 6.07) is 18.1. The molecule has 0 saturated heterocycles. The smallest absolute Gasteiger partial charge is 0.115 e. The molecule has 0 spiro atoms. The number of aryl methyl sites for hydroxylation is 1. The average Bonchev–Trinajstić information content (AvgIpc) is 2.39. The van der Waals surface area contributed by atoms with Crippen LogP contribution in [0.4, 0.5) is 0 Å². The Labute approximate surface area is 115 Å². The van der Waals surface area contributed by atoms with Crippen LogP contribution in [0.25, 0.3) is 0 Å². The van der Waals surface area contributed by atoms with Gasteiger partial charge in [0, 0.05) is 0 Å². The molecule has 2 aromatic carbocycles. The van der Waals surface area contributed by atoms with Crippen molar-refractivity contribution in [3.63, 3.8) is 0 Å². The highest BCUT2D eigenvalue weighted by Gasteiger charge is 2.31. The van der Waals surface area contributed by atoms with Gasteiger partial charge in [-0.15, -0.1) is 0 Å². The molecule has 1 N–H and O–H groups in total. The van der Waals surface area contributed by atoms with Crippen LogP contribution in [-0.2, 0) is 5.60 Å². The first-order valence-corrected chi connectivity index (χ1v) is 6.87. The van der Waals surface area contributed by atoms with Gasteiger partial charge in [0.25, 0.3) is 0 Å². The first kappa shape index (κ1) is 13.8. The molecule has 0 aliphatic carbocycles. The van der Waals surface area contributed by atoms with Crippen molar-refractivity contribution in [3.8, 4) is 0 Å². The Morgan fingerprint density at radius 2 is 1.42 bits per heavy atom. The molecular formula is C18H22O. The second-order valence-corrected chi connectivity index (χ2v) is 5.69. The Bertz CT molecular complexity index is 513. The standard InChI is InChI=1S/C18H22O/c1-14(2)13-18(19,16-7-5-4-6-8-16)17-11-9-15(3)10-12-17/h4-12,14,19H,13H2,1-3H3. The monoisotopic (exact) mass is 254 g/mol. The van der Waals surface area contributed by atoms with E-state index in [1.807, 2.05) is 42.5 Å². The van der Waals surface area contributed by atoms with Gasteiger partial charge in [0.15, 0.2) is 0 Å². The van der Waals surface area contributed by atoms with Crippen molar-refractivity contribution >= 4 is 0 Å². The van der Waals surface area contributed by atoms with E-state index >= 15 is 0 Å². The molecular weight excluding hydrogens is 232 g/mol. The van der Waals surface area contributed by atoms with Crippen LogP contribution in [0.5, 0.6) is 0 Å². The minimum absolute atomic E-state index is 0.423. The van der Waals surface area contributed by atoms with Gasteiger partial charge in [-0.05, 0) is 30.4 Å². The maximum Gasteiger partial charge on any atom is 0.115 e. The third-order valence-corrected chi connectivity index (χ3v) is 3.48. The number of hydrogen-bond donors (Lipinski definition) is 1. The maximum atomic E-state index is 11.2. The summed E-state index contributed by atoms with van der Waals surface area (Å²) >= 11 is 0. The topological polar surface area (TPSA) is 20.2 Å². The Balaban J connectivity index is 2.48. The lowest BCUT2D eigenvalue weighted by Gasteiger charge is -2.31. The molecule has 1 atom stereocenters. The van der Waals surface area contributed by atoms with E-state index in [2.05, 4.69) is 32.9 Å². The zero-order valence-corrected chi connectivity index (χ0v) is 11.9. The van der Waals surface area contributed by atoms with Crippen molar-refractivity contribution in [2.75, 3.05) is 0 Å². The van der Waals surface area contributed by atoms with Gasteiger partial charge in [0.1, 0.15) is 5.60 Å². The lowest BCUT2D eigenvalue weighted by molar-refractivity contribution is 0.0574. The van der Waals surface area contributed by atoms with E-state index in [1.165, 1.54) is 5.56 Å². The molecule has 0 heterocycles. The third kappa shape index (κ3) is 3.05. The van der Waals surface area contributed by atoms with Crippen LogP contribution in [0.1, 0.15) is 37.0 Å². The normalized spacial score (nSPS) is 14.4. The number of benzene rings is 2. The molecule has 100 valence electrons. The summed E-state index contributed by atoms with van der Waals surface area (Å²) in [6.07, 6.45) is 0.722. The SMILES string of the molecule is Cc1ccc(C(O)(CC(C)C)c2ccccc2)cc1. The predicted octanol–water partition coefficient (Wildman–Crippen LogP) is 4.28. The minimum atomic E-state index is -0.900. The van der Waals surface area contributed by atoms with Gasteiger partial charge in [-0.3, -0.25) is 0 Å². The summed E-state index contributed by atoms with van der Waals surface area (Å²) in [7, 11) is 0. The first-order chi connectivity index (χ1) is 9.02. The van der Waals surface area contributed by atoms with Gasteiger partial charge < -0.3 is 5.11 Å². The third-order valence-electron chi connectivity index (χ3n) is 3.48. The minimum Gasteiger partial charge on any atom is -0.380 e. The molecule has 0 aromatic heterocycles. The van der Waals surface area contributed by atoms with Gasteiger partial charge in [-0.25, -0.2) is 0 Å². The van der Waals surface area contributed by atoms with E-state index in [0.717, 1.165) is 17.5 Å². The molecule has 0 bridgehead atoms. The van der Waals surface area contributed by atoms with E-state index in [0.29, 0.717) is 5.92 Å². The lowest BCUT2D eigenvalue weighted by Crippen LogP contribution is -2.29. The van der Waals surface area contributed by atoms with Crippen molar-refractivity contribution < 1.29 is 5.11 Å². The number of rotatable bonds is 4. The van der Waals surface area contributed by atoms with Crippen molar-refractivity contribution in [1.82, 2.24) is 0 Å². The molecule has 0 aliphatic rings. The summed E-state index contributed by atoms with van der Waals surface area (Å²) in [5.41, 5.74) is 2.25. The van der Waals surface area contributed by atoms with Crippen LogP contribution >= 0.6 is 0 Å². The summed E-state index contributed by atoms with van der Waals surface area (Å²) < 4.78 is 0. The zero-order valence-electron chi connectivity index (χ0n) is 11.9. The fourth-order valence-corrected chi connectivity index (χ4v) is 2.54. The Hall–Kier alpha value is -1.60. The van der Waals surface area contributed by atoms with Crippen molar-refractivity contribution in [2.45, 2.75) is 32.8 Å². The predicted molar refractivity (Wildman–Crippen MR) is 80.1 cm³/mol. The van der Waals surface area contributed by atoms with E-state index < -0.39 is 5.60 Å². The average molecular weight is 254 g/mol. The second kappa shape index (κ2) is 5.58. The van der Waals surface area contributed by atoms with Crippen LogP contribution in [0.2, 0.25) is 0 Å². The molecule has 0 fully saturated rings. The molecule has 2 rings (SSSR count). The van der Waals surface area contributed by atoms with Crippen LogP contribution in [0, 0.1) is 12.8 Å². The highest BCUT2D eigenvalue weighted by Crippen LogP contribution is 2.35. The highest BCUT2D eigenvalue weighted by molar-refractivity contribution is 5.37. The van der Waals surface area contributed by atoms with Crippen LogP contribution in [-0.4, -0.2) is 5.11 Å². The molecule has 0 saturated carbocycles. The Morgan fingerprint density at radius 1 is 0.895 bits per heavy atom. The van der Waals surface area contributed by atoms with Gasteiger partial charge in [-0.2, -0.15) is 0 Å². The number of hydrogen-bond acceptors (Lipinski definition) is 1. The first-order valence-electron chi connectivity index (χ1n) is 6.87. The zero-order chi connectivity index (χ0) is 13.9. The van der Waals surface area contributed by atoms with Gasteiger partial charge in [-0.1, -0.05) is 74.0 Å². The van der Waals surface area contributed by atoms with E-state index in [1.54, 1.807) is 0 Å². The quantitative estimate of drug-likeness (QED) is 0.863. The molecule has 1 unspecified atom stereocenters. The summed E-state index contributed by atoms with van der Waals surface area (Å²) in [6.45, 7) is 6.35. The van der Waals surface area contributed by atoms with Crippen molar-refractivity contribution in [3.05, 3.63) is 71.3 Å². The Kier molecular flexibility index (Phi) is 4.06. The molecule has 0 radical (unpaired) electrons. The van der Waals surface area contributed by atoms with Crippen LogP contribution in [0.15, 0.2) is 54.6 Å². The van der Waals surface area contributed by atoms with E-state index in [4.69, 9.17) is 0 Å².